The van der Waals surface area contributed by atoms with Gasteiger partial charge < -0.3 is 10.6 Å². The van der Waals surface area contributed by atoms with Crippen molar-refractivity contribution in [2.75, 3.05) is 30.4 Å². The molecule has 2 aliphatic heterocycles. The van der Waals surface area contributed by atoms with Crippen LogP contribution in [0.3, 0.4) is 0 Å². The number of alkyl halides is 1. The van der Waals surface area contributed by atoms with Crippen molar-refractivity contribution in [3.63, 3.8) is 0 Å². The van der Waals surface area contributed by atoms with E-state index in [-0.39, 0.29) is 12.6 Å². The lowest BCUT2D eigenvalue weighted by atomic mass is 9.96. The number of halogens is 1. The van der Waals surface area contributed by atoms with Gasteiger partial charge in [-0.15, -0.1) is 0 Å². The smallest absolute Gasteiger partial charge is 0.252 e. The number of carbonyl (C=O) groups is 1. The molecule has 1 saturated heterocycles. The van der Waals surface area contributed by atoms with Crippen LogP contribution in [-0.2, 0) is 12.2 Å². The van der Waals surface area contributed by atoms with Crippen molar-refractivity contribution in [3.05, 3.63) is 41.0 Å². The van der Waals surface area contributed by atoms with Gasteiger partial charge in [0, 0.05) is 24.4 Å². The van der Waals surface area contributed by atoms with Crippen LogP contribution in [0.1, 0.15) is 34.3 Å². The number of carbonyl (C=O) groups excluding carboxylic acids is 1. The molecular weight excluding hydrogens is 375 g/mol. The lowest BCUT2D eigenvalue weighted by molar-refractivity contribution is 0.100. The number of para-hydroxylation sites is 2. The van der Waals surface area contributed by atoms with Crippen LogP contribution >= 0.6 is 11.8 Å². The molecule has 0 spiro atoms. The zero-order valence-corrected chi connectivity index (χ0v) is 16.5. The van der Waals surface area contributed by atoms with Gasteiger partial charge in [-0.3, -0.25) is 13.6 Å². The van der Waals surface area contributed by atoms with Gasteiger partial charge in [-0.1, -0.05) is 12.1 Å². The van der Waals surface area contributed by atoms with E-state index in [0.717, 1.165) is 66.3 Å². The number of fused-ring (bicyclic) bond motifs is 4. The van der Waals surface area contributed by atoms with Crippen LogP contribution in [0.4, 0.5) is 10.2 Å². The minimum absolute atomic E-state index is 0.154. The molecule has 0 atom stereocenters. The van der Waals surface area contributed by atoms with Gasteiger partial charge in [-0.05, 0) is 48.6 Å². The Morgan fingerprint density at radius 1 is 1.25 bits per heavy atom. The number of primary amides is 1. The summed E-state index contributed by atoms with van der Waals surface area (Å²) < 4.78 is 15.3. The summed E-state index contributed by atoms with van der Waals surface area (Å²) in [4.78, 5) is 19.6. The molecule has 5 nitrogen and oxygen atoms in total. The van der Waals surface area contributed by atoms with E-state index in [9.17, 15) is 9.18 Å². The Bertz CT molecular complexity index is 1070. The molecule has 7 heteroatoms. The fraction of sp³-hybridized carbons (Fsp3) is 0.429. The Hall–Kier alpha value is -2.28. The molecule has 5 rings (SSSR count). The van der Waals surface area contributed by atoms with Gasteiger partial charge in [0.15, 0.2) is 5.65 Å². The van der Waals surface area contributed by atoms with Gasteiger partial charge >= 0.3 is 0 Å². The molecule has 1 amide bonds. The molecular formula is C21H23FN4OS. The number of piperidine rings is 1. The highest BCUT2D eigenvalue weighted by Crippen LogP contribution is 2.39. The maximum absolute atomic E-state index is 13.1. The Morgan fingerprint density at radius 2 is 2.04 bits per heavy atom. The zero-order valence-electron chi connectivity index (χ0n) is 15.7. The van der Waals surface area contributed by atoms with Crippen molar-refractivity contribution in [1.82, 2.24) is 9.38 Å². The van der Waals surface area contributed by atoms with Gasteiger partial charge in [-0.25, -0.2) is 4.98 Å². The first-order valence-corrected chi connectivity index (χ1v) is 11.0. The molecule has 3 aromatic rings. The minimum atomic E-state index is -0.411. The third kappa shape index (κ3) is 2.67. The molecule has 0 bridgehead atoms. The number of pyridine rings is 1. The van der Waals surface area contributed by atoms with E-state index in [1.165, 1.54) is 5.56 Å². The van der Waals surface area contributed by atoms with E-state index in [2.05, 4.69) is 9.30 Å². The third-order valence-electron chi connectivity index (χ3n) is 6.05. The molecule has 1 fully saturated rings. The van der Waals surface area contributed by atoms with Crippen LogP contribution in [0.2, 0.25) is 0 Å². The number of imidazole rings is 1. The Kier molecular flexibility index (Phi) is 4.42. The number of hydrogen-bond acceptors (Lipinski definition) is 4. The lowest BCUT2D eigenvalue weighted by Crippen LogP contribution is -2.37. The van der Waals surface area contributed by atoms with Crippen LogP contribution in [-0.4, -0.2) is 40.8 Å². The third-order valence-corrected chi connectivity index (χ3v) is 7.04. The predicted molar refractivity (Wildman–Crippen MR) is 112 cm³/mol. The highest BCUT2D eigenvalue weighted by molar-refractivity contribution is 7.98. The second-order valence-electron chi connectivity index (χ2n) is 7.67. The van der Waals surface area contributed by atoms with Crippen molar-refractivity contribution >= 4 is 40.2 Å². The standard InChI is InChI=1S/C21H23FN4OS/c22-11-13-5-8-25(9-6-13)21-15-12-28-10-7-14(15)18(19(23)27)20-24-16-3-1-2-4-17(16)26(20)21/h1-4,13H,5-12H2,(H2,23,27). The summed E-state index contributed by atoms with van der Waals surface area (Å²) in [6.07, 6.45) is 2.53. The van der Waals surface area contributed by atoms with Crippen molar-refractivity contribution in [2.24, 2.45) is 11.7 Å². The van der Waals surface area contributed by atoms with Crippen molar-refractivity contribution in [2.45, 2.75) is 25.0 Å². The molecule has 4 heterocycles. The van der Waals surface area contributed by atoms with E-state index in [0.29, 0.717) is 11.2 Å². The fourth-order valence-corrected chi connectivity index (χ4v) is 5.63. The molecule has 2 aromatic heterocycles. The van der Waals surface area contributed by atoms with Crippen LogP contribution in [0.15, 0.2) is 24.3 Å². The monoisotopic (exact) mass is 398 g/mol. The van der Waals surface area contributed by atoms with Crippen LogP contribution < -0.4 is 10.6 Å². The van der Waals surface area contributed by atoms with Crippen molar-refractivity contribution in [1.29, 1.82) is 0 Å². The maximum Gasteiger partial charge on any atom is 0.252 e. The Balaban J connectivity index is 1.83. The van der Waals surface area contributed by atoms with E-state index >= 15 is 0 Å². The summed E-state index contributed by atoms with van der Waals surface area (Å²) in [5, 5.41) is 0. The largest absolute Gasteiger partial charge is 0.365 e. The molecule has 0 aliphatic carbocycles. The number of nitrogens with zero attached hydrogens (tertiary/aromatic N) is 3. The number of anilines is 1. The molecule has 28 heavy (non-hydrogen) atoms. The van der Waals surface area contributed by atoms with E-state index in [1.54, 1.807) is 0 Å². The summed E-state index contributed by atoms with van der Waals surface area (Å²) in [6.45, 7) is 1.40. The summed E-state index contributed by atoms with van der Waals surface area (Å²) >= 11 is 1.89. The lowest BCUT2D eigenvalue weighted by Gasteiger charge is -2.36. The normalized spacial score (nSPS) is 18.0. The number of hydrogen-bond donors (Lipinski definition) is 1. The van der Waals surface area contributed by atoms with Gasteiger partial charge in [-0.2, -0.15) is 11.8 Å². The second-order valence-corrected chi connectivity index (χ2v) is 8.77. The number of rotatable bonds is 3. The molecule has 0 unspecified atom stereocenters. The average Bonchev–Trinajstić information content (AvgIpc) is 3.10. The predicted octanol–water partition coefficient (Wildman–Crippen LogP) is 3.56. The van der Waals surface area contributed by atoms with Gasteiger partial charge in [0.05, 0.1) is 23.3 Å². The summed E-state index contributed by atoms with van der Waals surface area (Å²) in [5.74, 6) is 2.70. The first kappa shape index (κ1) is 17.8. The maximum atomic E-state index is 13.1. The molecule has 2 N–H and O–H groups in total. The van der Waals surface area contributed by atoms with Crippen molar-refractivity contribution in [3.8, 4) is 0 Å². The molecule has 0 radical (unpaired) electrons. The van der Waals surface area contributed by atoms with Gasteiger partial charge in [0.2, 0.25) is 0 Å². The Labute approximate surface area is 167 Å². The number of nitrogens with two attached hydrogens (primary N) is 1. The summed E-state index contributed by atoms with van der Waals surface area (Å²) in [5.41, 5.74) is 11.1. The Morgan fingerprint density at radius 3 is 2.79 bits per heavy atom. The second kappa shape index (κ2) is 6.95. The molecule has 0 saturated carbocycles. The molecule has 2 aliphatic rings. The summed E-state index contributed by atoms with van der Waals surface area (Å²) in [7, 11) is 0. The highest BCUT2D eigenvalue weighted by atomic mass is 32.2. The number of thioether (sulfide) groups is 1. The van der Waals surface area contributed by atoms with E-state index in [4.69, 9.17) is 10.7 Å². The van der Waals surface area contributed by atoms with E-state index < -0.39 is 5.91 Å². The van der Waals surface area contributed by atoms with Crippen LogP contribution in [0.5, 0.6) is 0 Å². The average molecular weight is 399 g/mol. The first-order valence-electron chi connectivity index (χ1n) is 9.82. The van der Waals surface area contributed by atoms with Crippen LogP contribution in [0.25, 0.3) is 16.7 Å². The topological polar surface area (TPSA) is 63.6 Å². The van der Waals surface area contributed by atoms with E-state index in [1.807, 2.05) is 36.0 Å². The highest BCUT2D eigenvalue weighted by Gasteiger charge is 2.31. The van der Waals surface area contributed by atoms with Crippen molar-refractivity contribution < 1.29 is 9.18 Å². The van der Waals surface area contributed by atoms with Gasteiger partial charge in [0.1, 0.15) is 5.82 Å². The molecule has 146 valence electrons. The van der Waals surface area contributed by atoms with Gasteiger partial charge in [0.25, 0.3) is 5.91 Å². The zero-order chi connectivity index (χ0) is 19.3. The number of aromatic nitrogens is 2. The number of amides is 1. The quantitative estimate of drug-likeness (QED) is 0.733. The minimum Gasteiger partial charge on any atom is -0.365 e. The fourth-order valence-electron chi connectivity index (χ4n) is 4.63. The SMILES string of the molecule is NC(=O)c1c2c(c(N3CCC(CF)CC3)n3c1nc1ccccc13)CSCC2. The van der Waals surface area contributed by atoms with Crippen LogP contribution in [0, 0.1) is 5.92 Å². The first-order chi connectivity index (χ1) is 13.7. The summed E-state index contributed by atoms with van der Waals surface area (Å²) in [6, 6.07) is 7.97. The number of benzene rings is 1. The molecule has 1 aromatic carbocycles.